The summed E-state index contributed by atoms with van der Waals surface area (Å²) in [7, 11) is 5.04. The summed E-state index contributed by atoms with van der Waals surface area (Å²) < 4.78 is 10.5. The SMILES string of the molecule is COc1ccc(OC)c(C(=O)N(C)C2CCCCC2Br)c1. The molecular weight excluding hydrogens is 334 g/mol. The first-order valence-electron chi connectivity index (χ1n) is 7.21. The van der Waals surface area contributed by atoms with Gasteiger partial charge in [0.25, 0.3) is 5.91 Å². The molecule has 5 heteroatoms. The molecule has 21 heavy (non-hydrogen) atoms. The van der Waals surface area contributed by atoms with Gasteiger partial charge in [0.1, 0.15) is 11.5 Å². The topological polar surface area (TPSA) is 38.8 Å². The lowest BCUT2D eigenvalue weighted by molar-refractivity contribution is 0.0701. The third kappa shape index (κ3) is 3.51. The van der Waals surface area contributed by atoms with Gasteiger partial charge < -0.3 is 14.4 Å². The van der Waals surface area contributed by atoms with Gasteiger partial charge in [0.2, 0.25) is 0 Å². The van der Waals surface area contributed by atoms with Crippen molar-refractivity contribution in [2.45, 2.75) is 36.6 Å². The third-order valence-corrected chi connectivity index (χ3v) is 5.17. The summed E-state index contributed by atoms with van der Waals surface area (Å²) in [6, 6.07) is 5.53. The molecule has 1 aromatic carbocycles. The third-order valence-electron chi connectivity index (χ3n) is 4.10. The van der Waals surface area contributed by atoms with Crippen LogP contribution in [0.25, 0.3) is 0 Å². The summed E-state index contributed by atoms with van der Waals surface area (Å²) in [4.78, 5) is 15.0. The van der Waals surface area contributed by atoms with Gasteiger partial charge in [-0.2, -0.15) is 0 Å². The molecule has 0 N–H and O–H groups in total. The molecule has 1 aliphatic carbocycles. The zero-order valence-electron chi connectivity index (χ0n) is 12.8. The van der Waals surface area contributed by atoms with E-state index in [-0.39, 0.29) is 11.9 Å². The molecule has 1 amide bonds. The van der Waals surface area contributed by atoms with Crippen LogP contribution in [0.5, 0.6) is 11.5 Å². The lowest BCUT2D eigenvalue weighted by Crippen LogP contribution is -2.44. The Hall–Kier alpha value is -1.23. The Bertz CT molecular complexity index is 506. The minimum Gasteiger partial charge on any atom is -0.497 e. The Balaban J connectivity index is 2.25. The summed E-state index contributed by atoms with van der Waals surface area (Å²) >= 11 is 3.71. The van der Waals surface area contributed by atoms with Gasteiger partial charge in [0.05, 0.1) is 19.8 Å². The molecule has 0 bridgehead atoms. The zero-order chi connectivity index (χ0) is 15.4. The molecule has 0 saturated heterocycles. The Morgan fingerprint density at radius 1 is 1.24 bits per heavy atom. The number of amides is 1. The van der Waals surface area contributed by atoms with Crippen molar-refractivity contribution in [2.24, 2.45) is 0 Å². The van der Waals surface area contributed by atoms with Crippen LogP contribution in [0.1, 0.15) is 36.0 Å². The second-order valence-corrected chi connectivity index (χ2v) is 6.53. The zero-order valence-corrected chi connectivity index (χ0v) is 14.4. The standard InChI is InChI=1S/C16H22BrNO3/c1-18(14-7-5-4-6-13(14)17)16(19)12-10-11(20-2)8-9-15(12)21-3/h8-10,13-14H,4-7H2,1-3H3. The van der Waals surface area contributed by atoms with E-state index >= 15 is 0 Å². The summed E-state index contributed by atoms with van der Waals surface area (Å²) in [5, 5.41) is 0. The highest BCUT2D eigenvalue weighted by Gasteiger charge is 2.30. The Morgan fingerprint density at radius 2 is 1.95 bits per heavy atom. The number of hydrogen-bond acceptors (Lipinski definition) is 3. The number of rotatable bonds is 4. The van der Waals surface area contributed by atoms with E-state index in [1.165, 1.54) is 12.8 Å². The number of benzene rings is 1. The van der Waals surface area contributed by atoms with Gasteiger partial charge >= 0.3 is 0 Å². The quantitative estimate of drug-likeness (QED) is 0.776. The Kier molecular flexibility index (Phi) is 5.51. The van der Waals surface area contributed by atoms with Crippen LogP contribution in [-0.2, 0) is 0 Å². The van der Waals surface area contributed by atoms with Crippen LogP contribution in [0.4, 0.5) is 0 Å². The highest BCUT2D eigenvalue weighted by atomic mass is 79.9. The largest absolute Gasteiger partial charge is 0.497 e. The summed E-state index contributed by atoms with van der Waals surface area (Å²) in [5.74, 6) is 1.21. The number of nitrogens with zero attached hydrogens (tertiary/aromatic N) is 1. The minimum atomic E-state index is -0.0258. The molecule has 1 aliphatic rings. The number of halogens is 1. The van der Waals surface area contributed by atoms with Crippen molar-refractivity contribution >= 4 is 21.8 Å². The van der Waals surface area contributed by atoms with E-state index in [4.69, 9.17) is 9.47 Å². The molecule has 0 spiro atoms. The number of ether oxygens (including phenoxy) is 2. The summed E-state index contributed by atoms with van der Waals surface area (Å²) in [6.45, 7) is 0. The van der Waals surface area contributed by atoms with Gasteiger partial charge in [-0.1, -0.05) is 28.8 Å². The maximum absolute atomic E-state index is 12.8. The fraction of sp³-hybridized carbons (Fsp3) is 0.562. The van der Waals surface area contributed by atoms with E-state index in [9.17, 15) is 4.79 Å². The van der Waals surface area contributed by atoms with Crippen LogP contribution >= 0.6 is 15.9 Å². The first-order valence-corrected chi connectivity index (χ1v) is 8.13. The average molecular weight is 356 g/mol. The van der Waals surface area contributed by atoms with E-state index < -0.39 is 0 Å². The van der Waals surface area contributed by atoms with Crippen molar-refractivity contribution in [3.05, 3.63) is 23.8 Å². The first kappa shape index (κ1) is 16.1. The molecule has 2 unspecified atom stereocenters. The number of methoxy groups -OCH3 is 2. The predicted octanol–water partition coefficient (Wildman–Crippen LogP) is 3.48. The van der Waals surface area contributed by atoms with E-state index in [0.717, 1.165) is 12.8 Å². The van der Waals surface area contributed by atoms with Crippen LogP contribution in [0, 0.1) is 0 Å². The lowest BCUT2D eigenvalue weighted by atomic mass is 9.94. The van der Waals surface area contributed by atoms with E-state index in [2.05, 4.69) is 15.9 Å². The van der Waals surface area contributed by atoms with Crippen molar-refractivity contribution < 1.29 is 14.3 Å². The molecular formula is C16H22BrNO3. The van der Waals surface area contributed by atoms with Crippen LogP contribution in [0.15, 0.2) is 18.2 Å². The normalized spacial score (nSPS) is 21.7. The molecule has 0 aliphatic heterocycles. The van der Waals surface area contributed by atoms with Crippen molar-refractivity contribution in [1.82, 2.24) is 4.90 Å². The van der Waals surface area contributed by atoms with Gasteiger partial charge in [0.15, 0.2) is 0 Å². The fourth-order valence-corrected chi connectivity index (χ4v) is 3.77. The highest BCUT2D eigenvalue weighted by Crippen LogP contribution is 2.31. The monoisotopic (exact) mass is 355 g/mol. The molecule has 1 aromatic rings. The van der Waals surface area contributed by atoms with Crippen molar-refractivity contribution in [1.29, 1.82) is 0 Å². The number of hydrogen-bond donors (Lipinski definition) is 0. The summed E-state index contributed by atoms with van der Waals surface area (Å²) in [5.41, 5.74) is 0.546. The van der Waals surface area contributed by atoms with Crippen LogP contribution in [0.2, 0.25) is 0 Å². The molecule has 0 heterocycles. The number of alkyl halides is 1. The van der Waals surface area contributed by atoms with Gasteiger partial charge in [-0.3, -0.25) is 4.79 Å². The Morgan fingerprint density at radius 3 is 2.57 bits per heavy atom. The average Bonchev–Trinajstić information content (AvgIpc) is 2.53. The van der Waals surface area contributed by atoms with Crippen molar-refractivity contribution in [2.75, 3.05) is 21.3 Å². The van der Waals surface area contributed by atoms with E-state index in [1.807, 2.05) is 11.9 Å². The minimum absolute atomic E-state index is 0.0258. The predicted molar refractivity (Wildman–Crippen MR) is 86.6 cm³/mol. The number of carbonyl (C=O) groups is 1. The molecule has 0 aromatic heterocycles. The maximum Gasteiger partial charge on any atom is 0.257 e. The Labute approximate surface area is 134 Å². The first-order chi connectivity index (χ1) is 10.1. The van der Waals surface area contributed by atoms with Crippen LogP contribution in [0.3, 0.4) is 0 Å². The lowest BCUT2D eigenvalue weighted by Gasteiger charge is -2.35. The molecule has 4 nitrogen and oxygen atoms in total. The van der Waals surface area contributed by atoms with Gasteiger partial charge in [-0.05, 0) is 31.0 Å². The van der Waals surface area contributed by atoms with Crippen molar-refractivity contribution in [3.63, 3.8) is 0 Å². The molecule has 1 saturated carbocycles. The highest BCUT2D eigenvalue weighted by molar-refractivity contribution is 9.09. The molecule has 2 atom stereocenters. The second kappa shape index (κ2) is 7.16. The van der Waals surface area contributed by atoms with Crippen LogP contribution in [-0.4, -0.2) is 42.9 Å². The number of carbonyl (C=O) groups excluding carboxylic acids is 1. The molecule has 0 radical (unpaired) electrons. The fourth-order valence-electron chi connectivity index (χ4n) is 2.82. The van der Waals surface area contributed by atoms with E-state index in [0.29, 0.717) is 21.9 Å². The molecule has 116 valence electrons. The smallest absolute Gasteiger partial charge is 0.257 e. The summed E-state index contributed by atoms with van der Waals surface area (Å²) in [6.07, 6.45) is 4.53. The molecule has 2 rings (SSSR count). The van der Waals surface area contributed by atoms with Crippen LogP contribution < -0.4 is 9.47 Å². The van der Waals surface area contributed by atoms with Gasteiger partial charge in [-0.15, -0.1) is 0 Å². The maximum atomic E-state index is 12.8. The van der Waals surface area contributed by atoms with E-state index in [1.54, 1.807) is 32.4 Å². The van der Waals surface area contributed by atoms with Crippen molar-refractivity contribution in [3.8, 4) is 11.5 Å². The van der Waals surface area contributed by atoms with Gasteiger partial charge in [-0.25, -0.2) is 0 Å². The molecule has 1 fully saturated rings. The second-order valence-electron chi connectivity index (χ2n) is 5.35. The van der Waals surface area contributed by atoms with Gasteiger partial charge in [0, 0.05) is 17.9 Å².